The van der Waals surface area contributed by atoms with E-state index in [1.807, 2.05) is 26.0 Å². The molecule has 0 saturated carbocycles. The third-order valence-corrected chi connectivity index (χ3v) is 4.69. The number of guanidine groups is 1. The summed E-state index contributed by atoms with van der Waals surface area (Å²) < 4.78 is 10.6. The molecule has 0 spiro atoms. The van der Waals surface area contributed by atoms with Crippen LogP contribution in [0.15, 0.2) is 29.3 Å². The molecule has 7 heteroatoms. The monoisotopic (exact) mass is 390 g/mol. The average molecular weight is 391 g/mol. The molecule has 0 bridgehead atoms. The summed E-state index contributed by atoms with van der Waals surface area (Å²) in [6.07, 6.45) is 1.54. The van der Waals surface area contributed by atoms with Gasteiger partial charge in [0.25, 0.3) is 0 Å². The molecule has 1 aromatic rings. The molecule has 1 fully saturated rings. The molecule has 1 amide bonds. The van der Waals surface area contributed by atoms with Crippen LogP contribution in [0.2, 0.25) is 0 Å². The Hall–Kier alpha value is -2.28. The normalized spacial score (nSPS) is 15.4. The molecule has 7 nitrogen and oxygen atoms in total. The van der Waals surface area contributed by atoms with E-state index in [1.165, 1.54) is 11.1 Å². The fraction of sp³-hybridized carbons (Fsp3) is 0.619. The molecule has 1 heterocycles. The van der Waals surface area contributed by atoms with Crippen molar-refractivity contribution in [1.29, 1.82) is 0 Å². The van der Waals surface area contributed by atoms with E-state index in [1.54, 1.807) is 4.90 Å². The first kappa shape index (κ1) is 22.0. The quantitative estimate of drug-likeness (QED) is 0.527. The van der Waals surface area contributed by atoms with Crippen LogP contribution in [0.25, 0.3) is 0 Å². The van der Waals surface area contributed by atoms with Crippen LogP contribution >= 0.6 is 0 Å². The number of amides is 1. The summed E-state index contributed by atoms with van der Waals surface area (Å²) in [5, 5.41) is 6.83. The van der Waals surface area contributed by atoms with Crippen LogP contribution in [0.3, 0.4) is 0 Å². The Morgan fingerprint density at radius 3 is 2.50 bits per heavy atom. The number of carbonyl (C=O) groups is 1. The standard InChI is InChI=1S/C21H34N4O3/c1-4-22-20(23-15-17-9-7-8-10-18(17)16-27-5-2)24-19-11-13-25(14-12-19)21(26)28-6-3/h7-10,19H,4-6,11-16H2,1-3H3,(H2,22,23,24). The number of nitrogens with one attached hydrogen (secondary N) is 2. The third kappa shape index (κ3) is 7.03. The molecule has 1 aliphatic heterocycles. The maximum atomic E-state index is 11.8. The number of ether oxygens (including phenoxy) is 2. The van der Waals surface area contributed by atoms with Gasteiger partial charge in [0.05, 0.1) is 19.8 Å². The zero-order chi connectivity index (χ0) is 20.2. The summed E-state index contributed by atoms with van der Waals surface area (Å²) in [5.41, 5.74) is 2.34. The van der Waals surface area contributed by atoms with Crippen LogP contribution in [0.5, 0.6) is 0 Å². The second kappa shape index (κ2) is 12.2. The largest absolute Gasteiger partial charge is 0.450 e. The molecule has 1 aliphatic rings. The Morgan fingerprint density at radius 2 is 1.86 bits per heavy atom. The van der Waals surface area contributed by atoms with Crippen molar-refractivity contribution in [1.82, 2.24) is 15.5 Å². The Kier molecular flexibility index (Phi) is 9.62. The summed E-state index contributed by atoms with van der Waals surface area (Å²) in [7, 11) is 0. The molecule has 0 aliphatic carbocycles. The highest BCUT2D eigenvalue weighted by Crippen LogP contribution is 2.13. The van der Waals surface area contributed by atoms with Gasteiger partial charge >= 0.3 is 6.09 Å². The predicted molar refractivity (Wildman–Crippen MR) is 111 cm³/mol. The lowest BCUT2D eigenvalue weighted by atomic mass is 10.1. The Balaban J connectivity index is 1.92. The maximum absolute atomic E-state index is 11.8. The summed E-state index contributed by atoms with van der Waals surface area (Å²) in [6.45, 7) is 10.4. The van der Waals surface area contributed by atoms with Crippen LogP contribution in [-0.2, 0) is 22.6 Å². The van der Waals surface area contributed by atoms with Crippen molar-refractivity contribution in [3.05, 3.63) is 35.4 Å². The van der Waals surface area contributed by atoms with E-state index in [0.717, 1.165) is 25.3 Å². The molecule has 2 N–H and O–H groups in total. The second-order valence-electron chi connectivity index (χ2n) is 6.71. The van der Waals surface area contributed by atoms with Gasteiger partial charge in [0.2, 0.25) is 0 Å². The van der Waals surface area contributed by atoms with E-state index >= 15 is 0 Å². The summed E-state index contributed by atoms with van der Waals surface area (Å²) in [6, 6.07) is 8.54. The van der Waals surface area contributed by atoms with Crippen molar-refractivity contribution in [3.8, 4) is 0 Å². The lowest BCUT2D eigenvalue weighted by Gasteiger charge is -2.32. The summed E-state index contributed by atoms with van der Waals surface area (Å²) >= 11 is 0. The average Bonchev–Trinajstić information content (AvgIpc) is 2.72. The van der Waals surface area contributed by atoms with E-state index in [4.69, 9.17) is 14.5 Å². The zero-order valence-electron chi connectivity index (χ0n) is 17.4. The molecule has 0 aromatic heterocycles. The van der Waals surface area contributed by atoms with Gasteiger partial charge in [-0.15, -0.1) is 0 Å². The minimum Gasteiger partial charge on any atom is -0.450 e. The highest BCUT2D eigenvalue weighted by Gasteiger charge is 2.24. The van der Waals surface area contributed by atoms with Gasteiger partial charge in [0, 0.05) is 32.3 Å². The van der Waals surface area contributed by atoms with Crippen molar-refractivity contribution in [3.63, 3.8) is 0 Å². The number of hydrogen-bond donors (Lipinski definition) is 2. The number of carbonyl (C=O) groups excluding carboxylic acids is 1. The number of likely N-dealkylation sites (tertiary alicyclic amines) is 1. The van der Waals surface area contributed by atoms with Gasteiger partial charge in [-0.2, -0.15) is 0 Å². The highest BCUT2D eigenvalue weighted by atomic mass is 16.6. The smallest absolute Gasteiger partial charge is 0.409 e. The number of nitrogens with zero attached hydrogens (tertiary/aromatic N) is 2. The fourth-order valence-electron chi connectivity index (χ4n) is 3.16. The molecule has 156 valence electrons. The molecule has 0 unspecified atom stereocenters. The second-order valence-corrected chi connectivity index (χ2v) is 6.71. The zero-order valence-corrected chi connectivity index (χ0v) is 17.4. The third-order valence-electron chi connectivity index (χ3n) is 4.69. The van der Waals surface area contributed by atoms with Crippen molar-refractivity contribution in [2.24, 2.45) is 4.99 Å². The molecule has 1 aromatic carbocycles. The van der Waals surface area contributed by atoms with Crippen LogP contribution < -0.4 is 10.6 Å². The number of hydrogen-bond acceptors (Lipinski definition) is 4. The number of piperidine rings is 1. The molecule has 28 heavy (non-hydrogen) atoms. The Morgan fingerprint density at radius 1 is 1.14 bits per heavy atom. The van der Waals surface area contributed by atoms with E-state index in [9.17, 15) is 4.79 Å². The first-order valence-electron chi connectivity index (χ1n) is 10.3. The molecule has 2 rings (SSSR count). The van der Waals surface area contributed by atoms with Gasteiger partial charge in [-0.05, 0) is 44.7 Å². The van der Waals surface area contributed by atoms with E-state index < -0.39 is 0 Å². The number of benzene rings is 1. The molecule has 1 saturated heterocycles. The lowest BCUT2D eigenvalue weighted by Crippen LogP contribution is -2.49. The summed E-state index contributed by atoms with van der Waals surface area (Å²) in [5.74, 6) is 0.809. The van der Waals surface area contributed by atoms with Gasteiger partial charge in [-0.1, -0.05) is 24.3 Å². The van der Waals surface area contributed by atoms with Gasteiger partial charge in [-0.3, -0.25) is 0 Å². The Labute approximate surface area is 168 Å². The molecular weight excluding hydrogens is 356 g/mol. The topological polar surface area (TPSA) is 75.2 Å². The van der Waals surface area contributed by atoms with Crippen LogP contribution in [-0.4, -0.2) is 55.8 Å². The van der Waals surface area contributed by atoms with Crippen molar-refractivity contribution >= 4 is 12.1 Å². The molecule has 0 radical (unpaired) electrons. The van der Waals surface area contributed by atoms with Crippen molar-refractivity contribution in [2.75, 3.05) is 32.8 Å². The fourth-order valence-corrected chi connectivity index (χ4v) is 3.16. The van der Waals surface area contributed by atoms with Crippen molar-refractivity contribution < 1.29 is 14.3 Å². The lowest BCUT2D eigenvalue weighted by molar-refractivity contribution is 0.0963. The van der Waals surface area contributed by atoms with E-state index in [2.05, 4.69) is 29.7 Å². The van der Waals surface area contributed by atoms with Crippen LogP contribution in [0, 0.1) is 0 Å². The number of rotatable bonds is 8. The van der Waals surface area contributed by atoms with E-state index in [-0.39, 0.29) is 6.09 Å². The first-order chi connectivity index (χ1) is 13.7. The van der Waals surface area contributed by atoms with Gasteiger partial charge in [-0.25, -0.2) is 9.79 Å². The SMILES string of the molecule is CCNC(=NCc1ccccc1COCC)NC1CCN(C(=O)OCC)CC1. The van der Waals surface area contributed by atoms with Gasteiger partial charge in [0.15, 0.2) is 5.96 Å². The number of aliphatic imine (C=N–C) groups is 1. The molecular formula is C21H34N4O3. The predicted octanol–water partition coefficient (Wildman–Crippen LogP) is 2.90. The highest BCUT2D eigenvalue weighted by molar-refractivity contribution is 5.80. The Bertz CT molecular complexity index is 628. The van der Waals surface area contributed by atoms with Gasteiger partial charge < -0.3 is 25.0 Å². The van der Waals surface area contributed by atoms with Crippen molar-refractivity contribution in [2.45, 2.75) is 52.8 Å². The van der Waals surface area contributed by atoms with Crippen LogP contribution in [0.4, 0.5) is 4.79 Å². The minimum atomic E-state index is -0.215. The van der Waals surface area contributed by atoms with Crippen LogP contribution in [0.1, 0.15) is 44.7 Å². The summed E-state index contributed by atoms with van der Waals surface area (Å²) in [4.78, 5) is 18.4. The molecule has 0 atom stereocenters. The maximum Gasteiger partial charge on any atom is 0.409 e. The minimum absolute atomic E-state index is 0.215. The first-order valence-corrected chi connectivity index (χ1v) is 10.3. The van der Waals surface area contributed by atoms with E-state index in [0.29, 0.717) is 45.5 Å². The van der Waals surface area contributed by atoms with Gasteiger partial charge in [0.1, 0.15) is 0 Å².